The third-order valence-electron chi connectivity index (χ3n) is 3.01. The van der Waals surface area contributed by atoms with Gasteiger partial charge in [-0.25, -0.2) is 0 Å². The van der Waals surface area contributed by atoms with Crippen LogP contribution in [0.3, 0.4) is 0 Å². The summed E-state index contributed by atoms with van der Waals surface area (Å²) in [6, 6.07) is 7.67. The van der Waals surface area contributed by atoms with Crippen molar-refractivity contribution in [2.24, 2.45) is 0 Å². The van der Waals surface area contributed by atoms with Crippen LogP contribution >= 0.6 is 11.6 Å². The summed E-state index contributed by atoms with van der Waals surface area (Å²) in [5.41, 5.74) is 0.846. The van der Waals surface area contributed by atoms with Gasteiger partial charge in [0.2, 0.25) is 0 Å². The standard InChI is InChI=1S/C14H18ClNO2/c1-4-17-9(2)14(16-3)13-8-10-7-11(15)5-6-12(10)18-13/h5-9,14,16H,4H2,1-3H3. The molecule has 2 unspecified atom stereocenters. The second-order valence-electron chi connectivity index (χ2n) is 4.26. The molecule has 0 saturated heterocycles. The van der Waals surface area contributed by atoms with Gasteiger partial charge in [0.1, 0.15) is 11.3 Å². The van der Waals surface area contributed by atoms with Gasteiger partial charge in [-0.05, 0) is 45.2 Å². The molecule has 18 heavy (non-hydrogen) atoms. The van der Waals surface area contributed by atoms with Gasteiger partial charge >= 0.3 is 0 Å². The van der Waals surface area contributed by atoms with Gasteiger partial charge in [0.25, 0.3) is 0 Å². The average Bonchev–Trinajstić information content (AvgIpc) is 2.72. The van der Waals surface area contributed by atoms with Crippen molar-refractivity contribution in [1.29, 1.82) is 0 Å². The van der Waals surface area contributed by atoms with E-state index in [0.717, 1.165) is 16.7 Å². The zero-order chi connectivity index (χ0) is 13.1. The molecule has 3 nitrogen and oxygen atoms in total. The topological polar surface area (TPSA) is 34.4 Å². The number of furan rings is 1. The maximum absolute atomic E-state index is 5.97. The number of nitrogens with one attached hydrogen (secondary N) is 1. The Morgan fingerprint density at radius 2 is 2.17 bits per heavy atom. The van der Waals surface area contributed by atoms with Crippen LogP contribution in [-0.2, 0) is 4.74 Å². The van der Waals surface area contributed by atoms with Crippen LogP contribution in [0.5, 0.6) is 0 Å². The fraction of sp³-hybridized carbons (Fsp3) is 0.429. The lowest BCUT2D eigenvalue weighted by Gasteiger charge is -2.21. The lowest BCUT2D eigenvalue weighted by Crippen LogP contribution is -2.29. The second kappa shape index (κ2) is 5.74. The van der Waals surface area contributed by atoms with Crippen molar-refractivity contribution in [2.45, 2.75) is 26.0 Å². The molecule has 2 rings (SSSR count). The number of rotatable bonds is 5. The van der Waals surface area contributed by atoms with Gasteiger partial charge in [-0.2, -0.15) is 0 Å². The first kappa shape index (κ1) is 13.4. The third kappa shape index (κ3) is 2.69. The van der Waals surface area contributed by atoms with Crippen LogP contribution in [-0.4, -0.2) is 19.8 Å². The Bertz CT molecular complexity index is 523. The van der Waals surface area contributed by atoms with E-state index in [1.807, 2.05) is 45.2 Å². The summed E-state index contributed by atoms with van der Waals surface area (Å²) in [4.78, 5) is 0. The van der Waals surface area contributed by atoms with Gasteiger partial charge in [0.05, 0.1) is 12.1 Å². The van der Waals surface area contributed by atoms with E-state index < -0.39 is 0 Å². The van der Waals surface area contributed by atoms with Gasteiger partial charge in [-0.3, -0.25) is 0 Å². The van der Waals surface area contributed by atoms with Gasteiger partial charge in [-0.1, -0.05) is 11.6 Å². The summed E-state index contributed by atoms with van der Waals surface area (Å²) in [5.74, 6) is 0.871. The lowest BCUT2D eigenvalue weighted by atomic mass is 10.1. The molecule has 0 aliphatic rings. The maximum atomic E-state index is 5.97. The Labute approximate surface area is 112 Å². The molecular formula is C14H18ClNO2. The third-order valence-corrected chi connectivity index (χ3v) is 3.25. The summed E-state index contributed by atoms with van der Waals surface area (Å²) in [6.45, 7) is 4.71. The van der Waals surface area contributed by atoms with Gasteiger partial charge in [0.15, 0.2) is 0 Å². The van der Waals surface area contributed by atoms with Crippen LogP contribution in [0.4, 0.5) is 0 Å². The Hall–Kier alpha value is -1.03. The molecule has 0 aliphatic carbocycles. The van der Waals surface area contributed by atoms with E-state index in [2.05, 4.69) is 5.32 Å². The number of ether oxygens (including phenoxy) is 1. The molecule has 0 aliphatic heterocycles. The van der Waals surface area contributed by atoms with Crippen molar-refractivity contribution in [3.05, 3.63) is 35.0 Å². The number of likely N-dealkylation sites (N-methyl/N-ethyl adjacent to an activating group) is 1. The van der Waals surface area contributed by atoms with Crippen molar-refractivity contribution < 1.29 is 9.15 Å². The van der Waals surface area contributed by atoms with Crippen molar-refractivity contribution in [2.75, 3.05) is 13.7 Å². The number of hydrogen-bond donors (Lipinski definition) is 1. The molecule has 2 atom stereocenters. The highest BCUT2D eigenvalue weighted by molar-refractivity contribution is 6.31. The van der Waals surface area contributed by atoms with Crippen LogP contribution in [0.15, 0.2) is 28.7 Å². The van der Waals surface area contributed by atoms with E-state index in [0.29, 0.717) is 11.6 Å². The van der Waals surface area contributed by atoms with Crippen LogP contribution in [0.2, 0.25) is 5.02 Å². The minimum Gasteiger partial charge on any atom is -0.459 e. The first-order valence-electron chi connectivity index (χ1n) is 6.13. The van der Waals surface area contributed by atoms with Crippen molar-refractivity contribution in [3.8, 4) is 0 Å². The fourth-order valence-corrected chi connectivity index (χ4v) is 2.34. The highest BCUT2D eigenvalue weighted by Gasteiger charge is 2.21. The van der Waals surface area contributed by atoms with E-state index in [1.165, 1.54) is 0 Å². The van der Waals surface area contributed by atoms with E-state index in [1.54, 1.807) is 0 Å². The minimum absolute atomic E-state index is 0.0381. The van der Waals surface area contributed by atoms with Crippen molar-refractivity contribution >= 4 is 22.6 Å². The molecule has 4 heteroatoms. The first-order chi connectivity index (χ1) is 8.65. The normalized spacial score (nSPS) is 14.9. The monoisotopic (exact) mass is 267 g/mol. The summed E-state index contributed by atoms with van der Waals surface area (Å²) in [5, 5.41) is 4.96. The molecular weight excluding hydrogens is 250 g/mol. The smallest absolute Gasteiger partial charge is 0.134 e. The quantitative estimate of drug-likeness (QED) is 0.895. The number of benzene rings is 1. The van der Waals surface area contributed by atoms with E-state index in [4.69, 9.17) is 20.8 Å². The fourth-order valence-electron chi connectivity index (χ4n) is 2.16. The zero-order valence-electron chi connectivity index (χ0n) is 10.9. The highest BCUT2D eigenvalue weighted by Crippen LogP contribution is 2.28. The Morgan fingerprint density at radius 1 is 1.39 bits per heavy atom. The van der Waals surface area contributed by atoms with Gasteiger partial charge in [0, 0.05) is 17.0 Å². The molecule has 0 spiro atoms. The molecule has 98 valence electrons. The summed E-state index contributed by atoms with van der Waals surface area (Å²) >= 11 is 5.97. The largest absolute Gasteiger partial charge is 0.459 e. The van der Waals surface area contributed by atoms with Crippen molar-refractivity contribution in [3.63, 3.8) is 0 Å². The summed E-state index contributed by atoms with van der Waals surface area (Å²) in [6.07, 6.45) is 0.0519. The molecule has 0 amide bonds. The van der Waals surface area contributed by atoms with E-state index >= 15 is 0 Å². The van der Waals surface area contributed by atoms with Crippen LogP contribution < -0.4 is 5.32 Å². The van der Waals surface area contributed by atoms with Crippen molar-refractivity contribution in [1.82, 2.24) is 5.32 Å². The highest BCUT2D eigenvalue weighted by atomic mass is 35.5. The zero-order valence-corrected chi connectivity index (χ0v) is 11.6. The van der Waals surface area contributed by atoms with Crippen LogP contribution in [0, 0.1) is 0 Å². The first-order valence-corrected chi connectivity index (χ1v) is 6.51. The molecule has 1 heterocycles. The predicted molar refractivity (Wildman–Crippen MR) is 74.1 cm³/mol. The van der Waals surface area contributed by atoms with Crippen LogP contribution in [0.1, 0.15) is 25.6 Å². The van der Waals surface area contributed by atoms with Gasteiger partial charge in [-0.15, -0.1) is 0 Å². The Morgan fingerprint density at radius 3 is 2.83 bits per heavy atom. The lowest BCUT2D eigenvalue weighted by molar-refractivity contribution is 0.0440. The number of halogens is 1. The summed E-state index contributed by atoms with van der Waals surface area (Å²) < 4.78 is 11.5. The second-order valence-corrected chi connectivity index (χ2v) is 4.69. The minimum atomic E-state index is 0.0381. The maximum Gasteiger partial charge on any atom is 0.134 e. The van der Waals surface area contributed by atoms with E-state index in [9.17, 15) is 0 Å². The Balaban J connectivity index is 2.33. The molecule has 1 aromatic carbocycles. The molecule has 0 saturated carbocycles. The molecule has 0 bridgehead atoms. The number of hydrogen-bond acceptors (Lipinski definition) is 3. The predicted octanol–water partition coefficient (Wildman–Crippen LogP) is 3.77. The van der Waals surface area contributed by atoms with Crippen LogP contribution in [0.25, 0.3) is 11.0 Å². The summed E-state index contributed by atoms with van der Waals surface area (Å²) in [7, 11) is 1.90. The molecule has 0 radical (unpaired) electrons. The SMILES string of the molecule is CCOC(C)C(NC)c1cc2cc(Cl)ccc2o1. The molecule has 1 aromatic heterocycles. The Kier molecular flexibility index (Phi) is 4.27. The van der Waals surface area contributed by atoms with E-state index in [-0.39, 0.29) is 12.1 Å². The average molecular weight is 268 g/mol. The molecule has 0 fully saturated rings. The molecule has 1 N–H and O–H groups in total. The number of fused-ring (bicyclic) bond motifs is 1. The molecule has 2 aromatic rings. The van der Waals surface area contributed by atoms with Gasteiger partial charge < -0.3 is 14.5 Å².